The number of aliphatic hydroxyl groups is 1. The third-order valence-electron chi connectivity index (χ3n) is 2.88. The second-order valence-electron chi connectivity index (χ2n) is 4.33. The maximum Gasteiger partial charge on any atom is 0.121 e. The van der Waals surface area contributed by atoms with Gasteiger partial charge in [0.25, 0.3) is 0 Å². The van der Waals surface area contributed by atoms with Gasteiger partial charge in [0, 0.05) is 6.54 Å². The highest BCUT2D eigenvalue weighted by molar-refractivity contribution is 5.28. The van der Waals surface area contributed by atoms with E-state index in [1.807, 2.05) is 35.8 Å². The largest absolute Gasteiger partial charge is 0.382 e. The molecular formula is C14H18N2O. The van der Waals surface area contributed by atoms with Crippen LogP contribution in [0.1, 0.15) is 36.3 Å². The molecule has 1 aromatic heterocycles. The summed E-state index contributed by atoms with van der Waals surface area (Å²) in [6.45, 7) is 5.04. The molecular weight excluding hydrogens is 212 g/mol. The molecule has 17 heavy (non-hydrogen) atoms. The average molecular weight is 230 g/mol. The van der Waals surface area contributed by atoms with E-state index in [2.05, 4.69) is 11.9 Å². The molecule has 3 nitrogen and oxygen atoms in total. The van der Waals surface area contributed by atoms with Crippen molar-refractivity contribution in [2.45, 2.75) is 32.9 Å². The minimum atomic E-state index is -0.593. The monoisotopic (exact) mass is 230 g/mol. The predicted molar refractivity (Wildman–Crippen MR) is 67.8 cm³/mol. The minimum Gasteiger partial charge on any atom is -0.382 e. The van der Waals surface area contributed by atoms with E-state index >= 15 is 0 Å². The highest BCUT2D eigenvalue weighted by atomic mass is 16.3. The van der Waals surface area contributed by atoms with Gasteiger partial charge in [-0.3, -0.25) is 0 Å². The number of benzene rings is 1. The van der Waals surface area contributed by atoms with Crippen molar-refractivity contribution in [1.29, 1.82) is 0 Å². The number of hydrogen-bond donors (Lipinski definition) is 1. The Hall–Kier alpha value is -1.61. The van der Waals surface area contributed by atoms with Gasteiger partial charge in [0.1, 0.15) is 6.10 Å². The van der Waals surface area contributed by atoms with Gasteiger partial charge in [0.15, 0.2) is 0 Å². The van der Waals surface area contributed by atoms with Crippen molar-refractivity contribution in [3.8, 4) is 0 Å². The minimum absolute atomic E-state index is 0.593. The molecule has 3 heteroatoms. The third kappa shape index (κ3) is 2.56. The zero-order valence-electron chi connectivity index (χ0n) is 10.3. The van der Waals surface area contributed by atoms with Crippen molar-refractivity contribution >= 4 is 0 Å². The Morgan fingerprint density at radius 2 is 2.00 bits per heavy atom. The van der Waals surface area contributed by atoms with Crippen molar-refractivity contribution in [2.24, 2.45) is 0 Å². The first-order chi connectivity index (χ1) is 8.22. The number of aryl methyl sites for hydroxylation is 2. The Balaban J connectivity index is 2.26. The molecule has 1 unspecified atom stereocenters. The summed E-state index contributed by atoms with van der Waals surface area (Å²) in [5.41, 5.74) is 2.96. The lowest BCUT2D eigenvalue weighted by molar-refractivity contribution is 0.209. The highest BCUT2D eigenvalue weighted by Gasteiger charge is 2.14. The van der Waals surface area contributed by atoms with E-state index in [1.54, 1.807) is 12.5 Å². The number of imidazole rings is 1. The van der Waals surface area contributed by atoms with Gasteiger partial charge in [-0.1, -0.05) is 36.8 Å². The molecule has 0 bridgehead atoms. The first-order valence-electron chi connectivity index (χ1n) is 5.97. The van der Waals surface area contributed by atoms with Crippen LogP contribution in [0.5, 0.6) is 0 Å². The molecule has 1 heterocycles. The van der Waals surface area contributed by atoms with E-state index in [0.717, 1.165) is 24.2 Å². The normalized spacial score (nSPS) is 12.6. The van der Waals surface area contributed by atoms with Crippen molar-refractivity contribution in [3.63, 3.8) is 0 Å². The molecule has 90 valence electrons. The summed E-state index contributed by atoms with van der Waals surface area (Å²) >= 11 is 0. The summed E-state index contributed by atoms with van der Waals surface area (Å²) in [7, 11) is 0. The molecule has 1 N–H and O–H groups in total. The summed E-state index contributed by atoms with van der Waals surface area (Å²) in [5, 5.41) is 10.3. The predicted octanol–water partition coefficient (Wildman–Crippen LogP) is 2.68. The van der Waals surface area contributed by atoms with E-state index in [4.69, 9.17) is 0 Å². The molecule has 0 aliphatic rings. The van der Waals surface area contributed by atoms with Gasteiger partial charge in [-0.25, -0.2) is 4.98 Å². The zero-order valence-corrected chi connectivity index (χ0v) is 10.3. The topological polar surface area (TPSA) is 38.0 Å². The van der Waals surface area contributed by atoms with Gasteiger partial charge < -0.3 is 9.67 Å². The third-order valence-corrected chi connectivity index (χ3v) is 2.88. The van der Waals surface area contributed by atoms with Crippen LogP contribution >= 0.6 is 0 Å². The Bertz CT molecular complexity index is 473. The lowest BCUT2D eigenvalue weighted by Gasteiger charge is -2.13. The number of aromatic nitrogens is 2. The Kier molecular flexibility index (Phi) is 3.59. The fraction of sp³-hybridized carbons (Fsp3) is 0.357. The maximum atomic E-state index is 10.3. The zero-order chi connectivity index (χ0) is 12.3. The maximum absolute atomic E-state index is 10.3. The highest BCUT2D eigenvalue weighted by Crippen LogP contribution is 2.22. The standard InChI is InChI=1S/C14H18N2O/c1-3-8-16-10-15-9-13(16)14(17)12-6-4-11(2)5-7-12/h4-7,9-10,14,17H,3,8H2,1-2H3. The van der Waals surface area contributed by atoms with Crippen molar-refractivity contribution in [3.05, 3.63) is 53.6 Å². The Labute approximate surface area is 102 Å². The number of rotatable bonds is 4. The van der Waals surface area contributed by atoms with Gasteiger partial charge in [-0.05, 0) is 18.9 Å². The molecule has 0 saturated heterocycles. The number of hydrogen-bond acceptors (Lipinski definition) is 2. The van der Waals surface area contributed by atoms with Crippen LogP contribution in [0.25, 0.3) is 0 Å². The van der Waals surface area contributed by atoms with E-state index in [0.29, 0.717) is 0 Å². The van der Waals surface area contributed by atoms with Crippen LogP contribution in [0.3, 0.4) is 0 Å². The van der Waals surface area contributed by atoms with Crippen molar-refractivity contribution in [2.75, 3.05) is 0 Å². The molecule has 0 fully saturated rings. The van der Waals surface area contributed by atoms with Crippen molar-refractivity contribution < 1.29 is 5.11 Å². The van der Waals surface area contributed by atoms with E-state index in [1.165, 1.54) is 5.56 Å². The SMILES string of the molecule is CCCn1cncc1C(O)c1ccc(C)cc1. The fourth-order valence-electron chi connectivity index (χ4n) is 1.91. The van der Waals surface area contributed by atoms with Gasteiger partial charge in [0.2, 0.25) is 0 Å². The number of aliphatic hydroxyl groups excluding tert-OH is 1. The lowest BCUT2D eigenvalue weighted by atomic mass is 10.1. The first-order valence-corrected chi connectivity index (χ1v) is 5.97. The van der Waals surface area contributed by atoms with Gasteiger partial charge in [-0.15, -0.1) is 0 Å². The molecule has 1 aromatic carbocycles. The molecule has 2 rings (SSSR count). The molecule has 0 aliphatic carbocycles. The fourth-order valence-corrected chi connectivity index (χ4v) is 1.91. The number of nitrogens with zero attached hydrogens (tertiary/aromatic N) is 2. The second kappa shape index (κ2) is 5.15. The molecule has 0 radical (unpaired) electrons. The van der Waals surface area contributed by atoms with Crippen LogP contribution in [0.15, 0.2) is 36.8 Å². The van der Waals surface area contributed by atoms with Crippen LogP contribution in [0, 0.1) is 6.92 Å². The molecule has 0 spiro atoms. The van der Waals surface area contributed by atoms with Gasteiger partial charge >= 0.3 is 0 Å². The average Bonchev–Trinajstić information content (AvgIpc) is 2.78. The summed E-state index contributed by atoms with van der Waals surface area (Å²) in [5.74, 6) is 0. The van der Waals surface area contributed by atoms with E-state index < -0.39 is 6.10 Å². The summed E-state index contributed by atoms with van der Waals surface area (Å²) in [6, 6.07) is 7.95. The smallest absolute Gasteiger partial charge is 0.121 e. The Morgan fingerprint density at radius 3 is 2.65 bits per heavy atom. The summed E-state index contributed by atoms with van der Waals surface area (Å²) < 4.78 is 2.00. The van der Waals surface area contributed by atoms with Crippen molar-refractivity contribution in [1.82, 2.24) is 9.55 Å². The lowest BCUT2D eigenvalue weighted by Crippen LogP contribution is -2.08. The molecule has 0 amide bonds. The van der Waals surface area contributed by atoms with Crippen LogP contribution < -0.4 is 0 Å². The first kappa shape index (κ1) is 11.9. The molecule has 0 aliphatic heterocycles. The molecule has 0 saturated carbocycles. The van der Waals surface area contributed by atoms with Gasteiger partial charge in [-0.2, -0.15) is 0 Å². The van der Waals surface area contributed by atoms with Crippen LogP contribution in [-0.4, -0.2) is 14.7 Å². The van der Waals surface area contributed by atoms with Crippen LogP contribution in [0.2, 0.25) is 0 Å². The summed E-state index contributed by atoms with van der Waals surface area (Å²) in [6.07, 6.45) is 3.95. The van der Waals surface area contributed by atoms with Crippen LogP contribution in [0.4, 0.5) is 0 Å². The molecule has 2 aromatic rings. The van der Waals surface area contributed by atoms with Crippen LogP contribution in [-0.2, 0) is 6.54 Å². The second-order valence-corrected chi connectivity index (χ2v) is 4.33. The quantitative estimate of drug-likeness (QED) is 0.877. The molecule has 1 atom stereocenters. The van der Waals surface area contributed by atoms with Gasteiger partial charge in [0.05, 0.1) is 18.2 Å². The Morgan fingerprint density at radius 1 is 1.29 bits per heavy atom. The van der Waals surface area contributed by atoms with E-state index in [9.17, 15) is 5.11 Å². The van der Waals surface area contributed by atoms with E-state index in [-0.39, 0.29) is 0 Å². The summed E-state index contributed by atoms with van der Waals surface area (Å²) in [4.78, 5) is 4.11.